The second-order valence-corrected chi connectivity index (χ2v) is 17.3. The summed E-state index contributed by atoms with van der Waals surface area (Å²) in [5, 5.41) is 0.113. The molecular weight excluding hydrogens is 496 g/mol. The number of hydrogen-bond donors (Lipinski definition) is 0. The molecular formula is C25H38N4O5SSi. The monoisotopic (exact) mass is 534 g/mol. The average Bonchev–Trinajstić information content (AvgIpc) is 2.81. The molecule has 0 radical (unpaired) electrons. The Morgan fingerprint density at radius 3 is 2.22 bits per heavy atom. The van der Waals surface area contributed by atoms with E-state index in [1.165, 1.54) is 10.6 Å². The predicted octanol–water partition coefficient (Wildman–Crippen LogP) is 3.36. The van der Waals surface area contributed by atoms with E-state index in [1.807, 2.05) is 29.2 Å². The Morgan fingerprint density at radius 2 is 1.69 bits per heavy atom. The highest BCUT2D eigenvalue weighted by atomic mass is 32.2. The molecule has 0 saturated carbocycles. The topological polar surface area (TPSA) is 94.0 Å². The average molecular weight is 535 g/mol. The summed E-state index contributed by atoms with van der Waals surface area (Å²) in [6.07, 6.45) is 6.71. The van der Waals surface area contributed by atoms with E-state index >= 15 is 0 Å². The molecule has 1 aromatic carbocycles. The van der Waals surface area contributed by atoms with Gasteiger partial charge < -0.3 is 14.1 Å². The van der Waals surface area contributed by atoms with Crippen molar-refractivity contribution in [1.82, 2.24) is 13.9 Å². The van der Waals surface area contributed by atoms with Crippen LogP contribution in [0.5, 0.6) is 5.75 Å². The molecule has 36 heavy (non-hydrogen) atoms. The maximum Gasteiger partial charge on any atom is 0.298 e. The highest BCUT2D eigenvalue weighted by Crippen LogP contribution is 2.36. The normalized spacial score (nSPS) is 16.0. The third-order valence-corrected chi connectivity index (χ3v) is 12.7. The fourth-order valence-electron chi connectivity index (χ4n) is 3.59. The number of aromatic nitrogens is 2. The molecule has 2 heterocycles. The van der Waals surface area contributed by atoms with E-state index in [9.17, 15) is 13.2 Å². The van der Waals surface area contributed by atoms with Crippen molar-refractivity contribution < 1.29 is 17.6 Å². The van der Waals surface area contributed by atoms with Gasteiger partial charge in [-0.05, 0) is 48.5 Å². The van der Waals surface area contributed by atoms with E-state index in [0.29, 0.717) is 55.7 Å². The van der Waals surface area contributed by atoms with Gasteiger partial charge in [0.2, 0.25) is 10.0 Å². The Hall–Kier alpha value is -2.47. The van der Waals surface area contributed by atoms with Crippen LogP contribution in [0, 0.1) is 0 Å². The smallest absolute Gasteiger partial charge is 0.298 e. The van der Waals surface area contributed by atoms with Crippen molar-refractivity contribution in [3.05, 3.63) is 52.6 Å². The lowest BCUT2D eigenvalue weighted by Gasteiger charge is -2.35. The van der Waals surface area contributed by atoms with Crippen LogP contribution in [-0.4, -0.2) is 76.7 Å². The summed E-state index contributed by atoms with van der Waals surface area (Å²) in [7, 11) is -3.57. The Bertz CT molecular complexity index is 1240. The maximum atomic E-state index is 13.5. The Morgan fingerprint density at radius 1 is 1.08 bits per heavy atom. The van der Waals surface area contributed by atoms with Gasteiger partial charge in [0.15, 0.2) is 14.1 Å². The molecule has 2 aromatic rings. The van der Waals surface area contributed by atoms with Gasteiger partial charge in [0.1, 0.15) is 5.75 Å². The summed E-state index contributed by atoms with van der Waals surface area (Å²) in [6, 6.07) is 7.24. The summed E-state index contributed by atoms with van der Waals surface area (Å²) < 4.78 is 38.3. The SMILES string of the molecule is COc1ccc(-n2cc(/C=C/CO[Si](C)(C)C(C)(C)C)nc(N3CCN(S(C)(=O)=O)CC3)c2=O)cc1. The second-order valence-electron chi connectivity index (χ2n) is 10.5. The third kappa shape index (κ3) is 6.64. The molecule has 1 aliphatic heterocycles. The molecule has 9 nitrogen and oxygen atoms in total. The first kappa shape index (κ1) is 28.1. The zero-order valence-electron chi connectivity index (χ0n) is 22.3. The van der Waals surface area contributed by atoms with Gasteiger partial charge in [-0.3, -0.25) is 9.36 Å². The molecule has 3 rings (SSSR count). The molecule has 0 amide bonds. The second kappa shape index (κ2) is 10.9. The van der Waals surface area contributed by atoms with Crippen molar-refractivity contribution in [1.29, 1.82) is 0 Å². The molecule has 1 saturated heterocycles. The molecule has 0 aliphatic carbocycles. The number of ether oxygens (including phenoxy) is 1. The minimum atomic E-state index is -3.28. The van der Waals surface area contributed by atoms with Crippen LogP contribution >= 0.6 is 0 Å². The number of rotatable bonds is 8. The van der Waals surface area contributed by atoms with Gasteiger partial charge in [-0.15, -0.1) is 0 Å². The van der Waals surface area contributed by atoms with Crippen LogP contribution < -0.4 is 15.2 Å². The van der Waals surface area contributed by atoms with Crippen molar-refractivity contribution in [2.24, 2.45) is 0 Å². The van der Waals surface area contributed by atoms with Crippen LogP contribution in [0.4, 0.5) is 5.82 Å². The number of sulfonamides is 1. The van der Waals surface area contributed by atoms with E-state index in [2.05, 4.69) is 38.8 Å². The molecule has 0 unspecified atom stereocenters. The molecule has 1 aliphatic rings. The summed E-state index contributed by atoms with van der Waals surface area (Å²) in [4.78, 5) is 20.0. The van der Waals surface area contributed by atoms with E-state index in [-0.39, 0.29) is 10.6 Å². The molecule has 0 bridgehead atoms. The summed E-state index contributed by atoms with van der Waals surface area (Å²) in [6.45, 7) is 12.9. The number of anilines is 1. The quantitative estimate of drug-likeness (QED) is 0.480. The van der Waals surface area contributed by atoms with E-state index < -0.39 is 18.3 Å². The van der Waals surface area contributed by atoms with Gasteiger partial charge in [-0.1, -0.05) is 26.8 Å². The lowest BCUT2D eigenvalue weighted by atomic mass is 10.2. The van der Waals surface area contributed by atoms with Crippen molar-refractivity contribution >= 4 is 30.2 Å². The fourth-order valence-corrected chi connectivity index (χ4v) is 5.36. The first-order valence-corrected chi connectivity index (χ1v) is 16.8. The maximum absolute atomic E-state index is 13.5. The first-order valence-electron chi connectivity index (χ1n) is 12.0. The number of methoxy groups -OCH3 is 1. The zero-order valence-corrected chi connectivity index (χ0v) is 24.1. The summed E-state index contributed by atoms with van der Waals surface area (Å²) in [5.41, 5.74) is 1.04. The van der Waals surface area contributed by atoms with Crippen LogP contribution in [0.2, 0.25) is 18.1 Å². The molecule has 0 atom stereocenters. The van der Waals surface area contributed by atoms with Crippen LogP contribution in [-0.2, 0) is 14.4 Å². The largest absolute Gasteiger partial charge is 0.497 e. The first-order chi connectivity index (χ1) is 16.7. The minimum Gasteiger partial charge on any atom is -0.497 e. The highest BCUT2D eigenvalue weighted by Gasteiger charge is 2.36. The molecule has 198 valence electrons. The molecule has 1 fully saturated rings. The summed E-state index contributed by atoms with van der Waals surface area (Å²) in [5.74, 6) is 0.993. The van der Waals surface area contributed by atoms with E-state index in [1.54, 1.807) is 30.0 Å². The Kier molecular flexibility index (Phi) is 8.49. The molecule has 0 N–H and O–H groups in total. The van der Waals surface area contributed by atoms with Crippen LogP contribution in [0.25, 0.3) is 11.8 Å². The fraction of sp³-hybridized carbons (Fsp3) is 0.520. The Balaban J connectivity index is 1.93. The van der Waals surface area contributed by atoms with Crippen molar-refractivity contribution in [3.8, 4) is 11.4 Å². The number of piperazine rings is 1. The van der Waals surface area contributed by atoms with Gasteiger partial charge in [-0.2, -0.15) is 4.31 Å². The van der Waals surface area contributed by atoms with Gasteiger partial charge in [-0.25, -0.2) is 13.4 Å². The number of nitrogens with zero attached hydrogens (tertiary/aromatic N) is 4. The zero-order chi connectivity index (χ0) is 26.7. The standard InChI is InChI=1S/C25H38N4O5SSi/c1-25(2,3)36(6,7)34-18-8-9-20-19-29(21-10-12-22(33-4)13-11-21)24(30)23(26-20)27-14-16-28(17-15-27)35(5,31)32/h8-13,19H,14-18H2,1-7H3/b9-8+. The van der Waals surface area contributed by atoms with Crippen molar-refractivity contribution in [3.63, 3.8) is 0 Å². The van der Waals surface area contributed by atoms with Crippen LogP contribution in [0.15, 0.2) is 41.3 Å². The van der Waals surface area contributed by atoms with Crippen molar-refractivity contribution in [2.45, 2.75) is 38.9 Å². The van der Waals surface area contributed by atoms with Crippen molar-refractivity contribution in [2.75, 3.05) is 51.1 Å². The Labute approximate surface area is 215 Å². The summed E-state index contributed by atoms with van der Waals surface area (Å²) >= 11 is 0. The van der Waals surface area contributed by atoms with Crippen LogP contribution in [0.3, 0.4) is 0 Å². The van der Waals surface area contributed by atoms with Gasteiger partial charge >= 0.3 is 0 Å². The lowest BCUT2D eigenvalue weighted by Crippen LogP contribution is -2.50. The third-order valence-electron chi connectivity index (χ3n) is 6.90. The predicted molar refractivity (Wildman–Crippen MR) is 147 cm³/mol. The minimum absolute atomic E-state index is 0.113. The lowest BCUT2D eigenvalue weighted by molar-refractivity contribution is 0.328. The molecule has 11 heteroatoms. The molecule has 0 spiro atoms. The molecule has 1 aromatic heterocycles. The van der Waals surface area contributed by atoms with E-state index in [4.69, 9.17) is 9.16 Å². The highest BCUT2D eigenvalue weighted by molar-refractivity contribution is 7.88. The van der Waals surface area contributed by atoms with Crippen LogP contribution in [0.1, 0.15) is 26.5 Å². The van der Waals surface area contributed by atoms with Gasteiger partial charge in [0.25, 0.3) is 5.56 Å². The number of benzene rings is 1. The van der Waals surface area contributed by atoms with Gasteiger partial charge in [0.05, 0.1) is 25.7 Å². The van der Waals surface area contributed by atoms with E-state index in [0.717, 1.165) is 0 Å². The van der Waals surface area contributed by atoms with Gasteiger partial charge in [0, 0.05) is 38.1 Å². The number of hydrogen-bond acceptors (Lipinski definition) is 7.